The summed E-state index contributed by atoms with van der Waals surface area (Å²) in [5.74, 6) is -0.0532. The van der Waals surface area contributed by atoms with Gasteiger partial charge in [0, 0.05) is 11.8 Å². The van der Waals surface area contributed by atoms with Gasteiger partial charge in [-0.05, 0) is 40.4 Å². The molecule has 0 aliphatic heterocycles. The Bertz CT molecular complexity index is 450. The third kappa shape index (κ3) is 2.82. The van der Waals surface area contributed by atoms with E-state index >= 15 is 0 Å². The lowest BCUT2D eigenvalue weighted by Crippen LogP contribution is -2.31. The first-order valence-corrected chi connectivity index (χ1v) is 7.28. The highest BCUT2D eigenvalue weighted by molar-refractivity contribution is 9.10. The Morgan fingerprint density at radius 3 is 2.67 bits per heavy atom. The summed E-state index contributed by atoms with van der Waals surface area (Å²) in [6.07, 6.45) is 5.76. The van der Waals surface area contributed by atoms with Crippen molar-refractivity contribution in [2.45, 2.75) is 45.4 Å². The summed E-state index contributed by atoms with van der Waals surface area (Å²) in [6, 6.07) is 4.88. The van der Waals surface area contributed by atoms with Crippen LogP contribution in [-0.4, -0.2) is 5.78 Å². The van der Waals surface area contributed by atoms with E-state index in [1.165, 1.54) is 12.5 Å². The van der Waals surface area contributed by atoms with Crippen molar-refractivity contribution in [2.24, 2.45) is 5.41 Å². The number of hydrogen-bond acceptors (Lipinski definition) is 1. The monoisotopic (exact) mass is 312 g/mol. The molecule has 1 nitrogen and oxygen atoms in total. The topological polar surface area (TPSA) is 17.1 Å². The highest BCUT2D eigenvalue weighted by Crippen LogP contribution is 2.38. The number of carbonyl (C=O) groups is 1. The van der Waals surface area contributed by atoms with E-state index < -0.39 is 0 Å². The van der Waals surface area contributed by atoms with E-state index in [4.69, 9.17) is 0 Å². The van der Waals surface area contributed by atoms with Crippen LogP contribution < -0.4 is 0 Å². The summed E-state index contributed by atoms with van der Waals surface area (Å²) in [7, 11) is 0. The minimum atomic E-state index is -0.297. The van der Waals surface area contributed by atoms with Crippen LogP contribution in [0.3, 0.4) is 0 Å². The summed E-state index contributed by atoms with van der Waals surface area (Å²) in [4.78, 5) is 12.4. The zero-order valence-electron chi connectivity index (χ0n) is 10.6. The van der Waals surface area contributed by atoms with Gasteiger partial charge in [0.2, 0.25) is 0 Å². The van der Waals surface area contributed by atoms with E-state index in [1.54, 1.807) is 6.07 Å². The summed E-state index contributed by atoms with van der Waals surface area (Å²) in [5, 5.41) is 0. The van der Waals surface area contributed by atoms with E-state index in [9.17, 15) is 9.18 Å². The lowest BCUT2D eigenvalue weighted by atomic mass is 9.71. The van der Waals surface area contributed by atoms with Crippen LogP contribution in [0.15, 0.2) is 22.7 Å². The van der Waals surface area contributed by atoms with Gasteiger partial charge in [-0.25, -0.2) is 4.39 Å². The van der Waals surface area contributed by atoms with E-state index in [-0.39, 0.29) is 17.0 Å². The molecule has 98 valence electrons. The number of carbonyl (C=O) groups excluding carboxylic acids is 1. The average molecular weight is 313 g/mol. The normalized spacial score (nSPS) is 18.6. The Hall–Kier alpha value is -0.700. The molecule has 18 heavy (non-hydrogen) atoms. The number of rotatable bonds is 3. The second kappa shape index (κ2) is 5.52. The van der Waals surface area contributed by atoms with Crippen LogP contribution in [0.5, 0.6) is 0 Å². The molecule has 0 aromatic heterocycles. The number of ketones is 1. The first-order valence-electron chi connectivity index (χ1n) is 6.49. The smallest absolute Gasteiger partial charge is 0.143 e. The molecule has 0 bridgehead atoms. The van der Waals surface area contributed by atoms with Gasteiger partial charge in [-0.15, -0.1) is 0 Å². The highest BCUT2D eigenvalue weighted by Gasteiger charge is 2.34. The largest absolute Gasteiger partial charge is 0.299 e. The molecule has 0 radical (unpaired) electrons. The van der Waals surface area contributed by atoms with Crippen LogP contribution in [0.2, 0.25) is 0 Å². The van der Waals surface area contributed by atoms with Gasteiger partial charge in [-0.3, -0.25) is 4.79 Å². The minimum absolute atomic E-state index is 0.204. The fraction of sp³-hybridized carbons (Fsp3) is 0.533. The lowest BCUT2D eigenvalue weighted by molar-refractivity contribution is -0.128. The maximum atomic E-state index is 13.4. The predicted octanol–water partition coefficient (Wildman–Crippen LogP) is 4.67. The number of Topliss-reactive ketones (excluding diaryl/α,β-unsaturated/α-hetero) is 1. The molecule has 0 unspecified atom stereocenters. The first-order chi connectivity index (χ1) is 8.53. The van der Waals surface area contributed by atoms with Crippen molar-refractivity contribution in [1.82, 2.24) is 0 Å². The molecular weight excluding hydrogens is 295 g/mol. The molecule has 0 N–H and O–H groups in total. The summed E-state index contributed by atoms with van der Waals surface area (Å²) < 4.78 is 13.8. The Kier molecular flexibility index (Phi) is 4.21. The van der Waals surface area contributed by atoms with Crippen molar-refractivity contribution in [2.75, 3.05) is 0 Å². The number of hydrogen-bond donors (Lipinski definition) is 0. The zero-order valence-corrected chi connectivity index (χ0v) is 12.2. The SMILES string of the molecule is CC1(C(=O)Cc2cccc(F)c2Br)CCCCC1. The molecule has 1 saturated carbocycles. The first kappa shape index (κ1) is 13.7. The summed E-state index contributed by atoms with van der Waals surface area (Å²) >= 11 is 3.22. The number of halogens is 2. The Morgan fingerprint density at radius 2 is 2.00 bits per heavy atom. The Morgan fingerprint density at radius 1 is 1.33 bits per heavy atom. The van der Waals surface area contributed by atoms with Gasteiger partial charge >= 0.3 is 0 Å². The lowest BCUT2D eigenvalue weighted by Gasteiger charge is -2.32. The van der Waals surface area contributed by atoms with Crippen LogP contribution in [0.1, 0.15) is 44.6 Å². The van der Waals surface area contributed by atoms with Crippen LogP contribution in [0.4, 0.5) is 4.39 Å². The maximum absolute atomic E-state index is 13.4. The standard InChI is InChI=1S/C15H18BrFO/c1-15(8-3-2-4-9-15)13(18)10-11-6-5-7-12(17)14(11)16/h5-7H,2-4,8-10H2,1H3. The zero-order chi connectivity index (χ0) is 13.2. The van der Waals surface area contributed by atoms with Gasteiger partial charge in [-0.1, -0.05) is 38.3 Å². The Labute approximate surface area is 116 Å². The van der Waals surface area contributed by atoms with Gasteiger partial charge < -0.3 is 0 Å². The molecule has 2 rings (SSSR count). The number of benzene rings is 1. The third-order valence-corrected chi connectivity index (χ3v) is 4.90. The average Bonchev–Trinajstić information content (AvgIpc) is 2.36. The van der Waals surface area contributed by atoms with E-state index in [0.717, 1.165) is 31.2 Å². The van der Waals surface area contributed by atoms with E-state index in [0.29, 0.717) is 10.9 Å². The minimum Gasteiger partial charge on any atom is -0.299 e. The van der Waals surface area contributed by atoms with Crippen molar-refractivity contribution in [3.63, 3.8) is 0 Å². The molecule has 0 amide bonds. The van der Waals surface area contributed by atoms with Crippen molar-refractivity contribution >= 4 is 21.7 Å². The molecule has 1 aliphatic rings. The molecule has 0 spiro atoms. The van der Waals surface area contributed by atoms with Crippen molar-refractivity contribution < 1.29 is 9.18 Å². The van der Waals surface area contributed by atoms with Gasteiger partial charge in [0.05, 0.1) is 4.47 Å². The van der Waals surface area contributed by atoms with Crippen molar-refractivity contribution in [3.8, 4) is 0 Å². The van der Waals surface area contributed by atoms with Gasteiger partial charge in [0.25, 0.3) is 0 Å². The van der Waals surface area contributed by atoms with Crippen LogP contribution in [0, 0.1) is 11.2 Å². The van der Waals surface area contributed by atoms with Gasteiger partial charge in [0.1, 0.15) is 11.6 Å². The molecular formula is C15H18BrFO. The second-order valence-electron chi connectivity index (χ2n) is 5.43. The Balaban J connectivity index is 2.13. The molecule has 1 fully saturated rings. The quantitative estimate of drug-likeness (QED) is 0.792. The van der Waals surface area contributed by atoms with E-state index in [2.05, 4.69) is 22.9 Å². The van der Waals surface area contributed by atoms with Crippen LogP contribution >= 0.6 is 15.9 Å². The highest BCUT2D eigenvalue weighted by atomic mass is 79.9. The molecule has 0 heterocycles. The molecule has 1 aromatic carbocycles. The van der Waals surface area contributed by atoms with E-state index in [1.807, 2.05) is 6.07 Å². The fourth-order valence-corrected chi connectivity index (χ4v) is 3.09. The molecule has 0 atom stereocenters. The molecule has 3 heteroatoms. The summed E-state index contributed by atoms with van der Waals surface area (Å²) in [6.45, 7) is 2.06. The third-order valence-electron chi connectivity index (χ3n) is 4.01. The van der Waals surface area contributed by atoms with Crippen molar-refractivity contribution in [1.29, 1.82) is 0 Å². The van der Waals surface area contributed by atoms with Gasteiger partial charge in [-0.2, -0.15) is 0 Å². The van der Waals surface area contributed by atoms with Crippen LogP contribution in [0.25, 0.3) is 0 Å². The molecule has 0 saturated heterocycles. The fourth-order valence-electron chi connectivity index (χ4n) is 2.68. The van der Waals surface area contributed by atoms with Crippen LogP contribution in [-0.2, 0) is 11.2 Å². The van der Waals surface area contributed by atoms with Crippen molar-refractivity contribution in [3.05, 3.63) is 34.1 Å². The predicted molar refractivity (Wildman–Crippen MR) is 74.0 cm³/mol. The van der Waals surface area contributed by atoms with Gasteiger partial charge in [0.15, 0.2) is 0 Å². The second-order valence-corrected chi connectivity index (χ2v) is 6.23. The summed E-state index contributed by atoms with van der Waals surface area (Å²) in [5.41, 5.74) is 0.552. The maximum Gasteiger partial charge on any atom is 0.143 e. The molecule has 1 aliphatic carbocycles. The molecule has 1 aromatic rings.